The molecule has 0 spiro atoms. The Morgan fingerprint density at radius 1 is 1.29 bits per heavy atom. The van der Waals surface area contributed by atoms with Crippen LogP contribution in [0.3, 0.4) is 0 Å². The van der Waals surface area contributed by atoms with Crippen molar-refractivity contribution in [2.45, 2.75) is 13.8 Å². The number of imide groups is 1. The van der Waals surface area contributed by atoms with E-state index in [2.05, 4.69) is 10.6 Å². The number of amides is 3. The highest BCUT2D eigenvalue weighted by molar-refractivity contribution is 6.01. The summed E-state index contributed by atoms with van der Waals surface area (Å²) in [6.45, 7) is 3.43. The third-order valence-corrected chi connectivity index (χ3v) is 2.09. The summed E-state index contributed by atoms with van der Waals surface area (Å²) in [5, 5.41) is 4.79. The second-order valence-corrected chi connectivity index (χ2v) is 3.83. The van der Waals surface area contributed by atoms with E-state index in [0.717, 1.165) is 0 Å². The standard InChI is InChI=1S/C12H16N2O3/c1-8(2)11(15)14-12(16)13-9-5-4-6-10(7-9)17-3/h4-8H,1-3H3,(H2,13,14,15,16). The van der Waals surface area contributed by atoms with Crippen LogP contribution in [0.2, 0.25) is 0 Å². The monoisotopic (exact) mass is 236 g/mol. The predicted octanol–water partition coefficient (Wildman–Crippen LogP) is 2.00. The fourth-order valence-electron chi connectivity index (χ4n) is 1.12. The lowest BCUT2D eigenvalue weighted by molar-refractivity contribution is -0.122. The van der Waals surface area contributed by atoms with Gasteiger partial charge in [-0.25, -0.2) is 4.79 Å². The summed E-state index contributed by atoms with van der Waals surface area (Å²) in [7, 11) is 1.54. The zero-order chi connectivity index (χ0) is 12.8. The molecule has 3 amide bonds. The first-order valence-corrected chi connectivity index (χ1v) is 5.29. The van der Waals surface area contributed by atoms with Gasteiger partial charge >= 0.3 is 6.03 Å². The Balaban J connectivity index is 2.59. The minimum absolute atomic E-state index is 0.231. The van der Waals surface area contributed by atoms with Gasteiger partial charge in [0, 0.05) is 17.7 Å². The number of hydrogen-bond donors (Lipinski definition) is 2. The molecule has 1 rings (SSSR count). The van der Waals surface area contributed by atoms with Crippen molar-refractivity contribution in [1.29, 1.82) is 0 Å². The van der Waals surface area contributed by atoms with Gasteiger partial charge in [0.25, 0.3) is 0 Å². The number of urea groups is 1. The Morgan fingerprint density at radius 3 is 2.59 bits per heavy atom. The molecule has 0 aliphatic rings. The molecular weight excluding hydrogens is 220 g/mol. The lowest BCUT2D eigenvalue weighted by Gasteiger charge is -2.09. The fraction of sp³-hybridized carbons (Fsp3) is 0.333. The number of carbonyl (C=O) groups excluding carboxylic acids is 2. The minimum Gasteiger partial charge on any atom is -0.497 e. The Kier molecular flexibility index (Phi) is 4.51. The van der Waals surface area contributed by atoms with Crippen molar-refractivity contribution in [2.75, 3.05) is 12.4 Å². The van der Waals surface area contributed by atoms with E-state index in [4.69, 9.17) is 4.74 Å². The van der Waals surface area contributed by atoms with Crippen molar-refractivity contribution >= 4 is 17.6 Å². The average Bonchev–Trinajstić information content (AvgIpc) is 2.28. The van der Waals surface area contributed by atoms with Crippen LogP contribution in [0.5, 0.6) is 5.75 Å². The Hall–Kier alpha value is -2.04. The zero-order valence-electron chi connectivity index (χ0n) is 10.1. The van der Waals surface area contributed by atoms with Crippen LogP contribution < -0.4 is 15.4 Å². The highest BCUT2D eigenvalue weighted by Crippen LogP contribution is 2.16. The number of ether oxygens (including phenoxy) is 1. The van der Waals surface area contributed by atoms with Crippen LogP contribution in [0, 0.1) is 5.92 Å². The van der Waals surface area contributed by atoms with Crippen molar-refractivity contribution < 1.29 is 14.3 Å². The molecule has 1 aromatic carbocycles. The highest BCUT2D eigenvalue weighted by atomic mass is 16.5. The van der Waals surface area contributed by atoms with Crippen LogP contribution in [0.25, 0.3) is 0 Å². The summed E-state index contributed by atoms with van der Waals surface area (Å²) in [5.41, 5.74) is 0.568. The van der Waals surface area contributed by atoms with Gasteiger partial charge in [0.2, 0.25) is 5.91 Å². The summed E-state index contributed by atoms with van der Waals surface area (Å²) in [6, 6.07) is 6.35. The van der Waals surface area contributed by atoms with Crippen LogP contribution in [0.15, 0.2) is 24.3 Å². The van der Waals surface area contributed by atoms with E-state index in [1.165, 1.54) is 0 Å². The first kappa shape index (κ1) is 13.0. The maximum atomic E-state index is 11.4. The van der Waals surface area contributed by atoms with Gasteiger partial charge in [0.1, 0.15) is 5.75 Å². The van der Waals surface area contributed by atoms with Gasteiger partial charge in [-0.05, 0) is 12.1 Å². The van der Waals surface area contributed by atoms with Crippen LogP contribution in [-0.2, 0) is 4.79 Å². The van der Waals surface area contributed by atoms with E-state index in [0.29, 0.717) is 11.4 Å². The summed E-state index contributed by atoms with van der Waals surface area (Å²) < 4.78 is 5.02. The van der Waals surface area contributed by atoms with E-state index >= 15 is 0 Å². The van der Waals surface area contributed by atoms with Gasteiger partial charge in [0.05, 0.1) is 7.11 Å². The Bertz CT molecular complexity index is 416. The third kappa shape index (κ3) is 4.14. The van der Waals surface area contributed by atoms with E-state index in [1.54, 1.807) is 45.2 Å². The number of methoxy groups -OCH3 is 1. The molecule has 0 saturated heterocycles. The number of anilines is 1. The van der Waals surface area contributed by atoms with Gasteiger partial charge in [-0.15, -0.1) is 0 Å². The molecule has 5 nitrogen and oxygen atoms in total. The molecule has 0 fully saturated rings. The largest absolute Gasteiger partial charge is 0.497 e. The molecule has 0 atom stereocenters. The Morgan fingerprint density at radius 2 is 2.00 bits per heavy atom. The summed E-state index contributed by atoms with van der Waals surface area (Å²) >= 11 is 0. The molecule has 0 saturated carbocycles. The number of carbonyl (C=O) groups is 2. The van der Waals surface area contributed by atoms with Crippen molar-refractivity contribution in [3.8, 4) is 5.75 Å². The molecule has 0 aromatic heterocycles. The van der Waals surface area contributed by atoms with Gasteiger partial charge in [-0.3, -0.25) is 10.1 Å². The third-order valence-electron chi connectivity index (χ3n) is 2.09. The molecule has 2 N–H and O–H groups in total. The lowest BCUT2D eigenvalue weighted by Crippen LogP contribution is -2.36. The van der Waals surface area contributed by atoms with E-state index < -0.39 is 6.03 Å². The molecule has 0 bridgehead atoms. The van der Waals surface area contributed by atoms with Crippen molar-refractivity contribution in [3.05, 3.63) is 24.3 Å². The summed E-state index contributed by atoms with van der Waals surface area (Å²) in [4.78, 5) is 22.7. The quantitative estimate of drug-likeness (QED) is 0.843. The molecular formula is C12H16N2O3. The van der Waals surface area contributed by atoms with E-state index in [-0.39, 0.29) is 11.8 Å². The van der Waals surface area contributed by atoms with Crippen LogP contribution >= 0.6 is 0 Å². The second kappa shape index (κ2) is 5.89. The minimum atomic E-state index is -0.544. The smallest absolute Gasteiger partial charge is 0.325 e. The topological polar surface area (TPSA) is 67.4 Å². The van der Waals surface area contributed by atoms with Gasteiger partial charge in [-0.2, -0.15) is 0 Å². The van der Waals surface area contributed by atoms with Crippen molar-refractivity contribution in [3.63, 3.8) is 0 Å². The first-order valence-electron chi connectivity index (χ1n) is 5.29. The molecule has 0 unspecified atom stereocenters. The van der Waals surface area contributed by atoms with E-state index in [1.807, 2.05) is 0 Å². The van der Waals surface area contributed by atoms with Crippen molar-refractivity contribution in [2.24, 2.45) is 5.92 Å². The first-order chi connectivity index (χ1) is 8.02. The van der Waals surface area contributed by atoms with Crippen LogP contribution in [0.4, 0.5) is 10.5 Å². The van der Waals surface area contributed by atoms with E-state index in [9.17, 15) is 9.59 Å². The van der Waals surface area contributed by atoms with Crippen LogP contribution in [0.1, 0.15) is 13.8 Å². The number of benzene rings is 1. The normalized spacial score (nSPS) is 9.88. The highest BCUT2D eigenvalue weighted by Gasteiger charge is 2.11. The number of nitrogens with one attached hydrogen (secondary N) is 2. The molecule has 0 aliphatic heterocycles. The predicted molar refractivity (Wildman–Crippen MR) is 65.0 cm³/mol. The molecule has 5 heteroatoms. The van der Waals surface area contributed by atoms with Crippen molar-refractivity contribution in [1.82, 2.24) is 5.32 Å². The average molecular weight is 236 g/mol. The SMILES string of the molecule is COc1cccc(NC(=O)NC(=O)C(C)C)c1. The summed E-state index contributed by atoms with van der Waals surface area (Å²) in [5.74, 6) is 0.0921. The number of rotatable bonds is 3. The zero-order valence-corrected chi connectivity index (χ0v) is 10.1. The van der Waals surface area contributed by atoms with Gasteiger partial charge in [-0.1, -0.05) is 19.9 Å². The fourth-order valence-corrected chi connectivity index (χ4v) is 1.12. The lowest BCUT2D eigenvalue weighted by atomic mass is 10.2. The van der Waals surface area contributed by atoms with Crippen LogP contribution in [-0.4, -0.2) is 19.0 Å². The molecule has 92 valence electrons. The molecule has 0 aliphatic carbocycles. The van der Waals surface area contributed by atoms with Gasteiger partial charge < -0.3 is 10.1 Å². The molecule has 0 radical (unpaired) electrons. The molecule has 0 heterocycles. The molecule has 17 heavy (non-hydrogen) atoms. The molecule has 1 aromatic rings. The maximum Gasteiger partial charge on any atom is 0.325 e. The Labute approximate surface area is 100 Å². The maximum absolute atomic E-state index is 11.4. The number of hydrogen-bond acceptors (Lipinski definition) is 3. The van der Waals surface area contributed by atoms with Gasteiger partial charge in [0.15, 0.2) is 0 Å². The second-order valence-electron chi connectivity index (χ2n) is 3.83. The summed E-state index contributed by atoms with van der Waals surface area (Å²) in [6.07, 6.45) is 0.